The second-order valence-electron chi connectivity index (χ2n) is 3.93. The van der Waals surface area contributed by atoms with Gasteiger partial charge in [-0.05, 0) is 26.0 Å². The van der Waals surface area contributed by atoms with Crippen molar-refractivity contribution < 1.29 is 4.74 Å². The topological polar surface area (TPSA) is 39.1 Å². The van der Waals surface area contributed by atoms with E-state index in [1.165, 1.54) is 5.69 Å². The van der Waals surface area contributed by atoms with Gasteiger partial charge in [-0.25, -0.2) is 0 Å². The van der Waals surface area contributed by atoms with Crippen molar-refractivity contribution in [1.82, 2.24) is 15.1 Å². The van der Waals surface area contributed by atoms with Gasteiger partial charge >= 0.3 is 0 Å². The molecule has 1 N–H and O–H groups in total. The predicted molar refractivity (Wildman–Crippen MR) is 65.4 cm³/mol. The van der Waals surface area contributed by atoms with E-state index in [9.17, 15) is 0 Å². The average Bonchev–Trinajstić information content (AvgIpc) is 2.74. The van der Waals surface area contributed by atoms with Crippen LogP contribution in [0.25, 0.3) is 0 Å². The summed E-state index contributed by atoms with van der Waals surface area (Å²) < 4.78 is 7.56. The summed E-state index contributed by atoms with van der Waals surface area (Å²) in [5.41, 5.74) is 1.21. The monoisotopic (exact) mass is 225 g/mol. The number of aryl methyl sites for hydroxylation is 1. The first kappa shape index (κ1) is 13.2. The van der Waals surface area contributed by atoms with Crippen LogP contribution >= 0.6 is 0 Å². The molecule has 16 heavy (non-hydrogen) atoms. The van der Waals surface area contributed by atoms with Gasteiger partial charge in [0, 0.05) is 19.9 Å². The maximum Gasteiger partial charge on any atom is 0.0778 e. The van der Waals surface area contributed by atoms with Crippen LogP contribution < -0.4 is 5.32 Å². The van der Waals surface area contributed by atoms with Crippen LogP contribution in [0.1, 0.15) is 38.4 Å². The number of hydrogen-bond acceptors (Lipinski definition) is 3. The van der Waals surface area contributed by atoms with Crippen LogP contribution in [0.5, 0.6) is 0 Å². The minimum Gasteiger partial charge on any atom is -0.379 e. The average molecular weight is 225 g/mol. The Balaban J connectivity index is 2.88. The Hall–Kier alpha value is -0.870. The molecule has 4 nitrogen and oxygen atoms in total. The summed E-state index contributed by atoms with van der Waals surface area (Å²) >= 11 is 0. The summed E-state index contributed by atoms with van der Waals surface area (Å²) in [6, 6.07) is 2.28. The fourth-order valence-electron chi connectivity index (χ4n) is 2.07. The van der Waals surface area contributed by atoms with Gasteiger partial charge in [-0.15, -0.1) is 0 Å². The molecule has 0 aliphatic heterocycles. The van der Waals surface area contributed by atoms with Gasteiger partial charge in [0.25, 0.3) is 0 Å². The Morgan fingerprint density at radius 3 is 2.75 bits per heavy atom. The molecule has 0 fully saturated rings. The predicted octanol–water partition coefficient (Wildman–Crippen LogP) is 1.98. The molecule has 0 radical (unpaired) electrons. The summed E-state index contributed by atoms with van der Waals surface area (Å²) in [6.07, 6.45) is 4.13. The van der Waals surface area contributed by atoms with Crippen molar-refractivity contribution in [2.24, 2.45) is 0 Å². The third-order valence-electron chi connectivity index (χ3n) is 2.89. The Morgan fingerprint density at radius 2 is 2.25 bits per heavy atom. The first-order valence-corrected chi connectivity index (χ1v) is 6.00. The van der Waals surface area contributed by atoms with Crippen molar-refractivity contribution in [3.05, 3.63) is 18.0 Å². The highest BCUT2D eigenvalue weighted by molar-refractivity contribution is 5.09. The zero-order valence-electron chi connectivity index (χ0n) is 10.7. The Labute approximate surface area is 98.0 Å². The van der Waals surface area contributed by atoms with Gasteiger partial charge in [-0.2, -0.15) is 5.10 Å². The van der Waals surface area contributed by atoms with E-state index >= 15 is 0 Å². The lowest BCUT2D eigenvalue weighted by molar-refractivity contribution is 0.0647. The van der Waals surface area contributed by atoms with Gasteiger partial charge in [0.05, 0.1) is 17.8 Å². The Morgan fingerprint density at radius 1 is 1.50 bits per heavy atom. The van der Waals surface area contributed by atoms with Crippen molar-refractivity contribution in [2.45, 2.75) is 45.4 Å². The number of aromatic nitrogens is 2. The SMILES string of the molecule is CCCn1nccc1C(NC)C(CC)OC. The lowest BCUT2D eigenvalue weighted by Gasteiger charge is -2.25. The molecule has 1 heterocycles. The molecule has 2 atom stereocenters. The molecule has 0 bridgehead atoms. The number of likely N-dealkylation sites (N-methyl/N-ethyl adjacent to an activating group) is 1. The van der Waals surface area contributed by atoms with E-state index in [-0.39, 0.29) is 12.1 Å². The number of nitrogens with one attached hydrogen (secondary N) is 1. The van der Waals surface area contributed by atoms with Crippen molar-refractivity contribution >= 4 is 0 Å². The summed E-state index contributed by atoms with van der Waals surface area (Å²) in [4.78, 5) is 0. The van der Waals surface area contributed by atoms with Gasteiger partial charge in [-0.3, -0.25) is 4.68 Å². The van der Waals surface area contributed by atoms with Crippen LogP contribution in [0.2, 0.25) is 0 Å². The maximum atomic E-state index is 5.51. The number of hydrogen-bond donors (Lipinski definition) is 1. The number of ether oxygens (including phenoxy) is 1. The van der Waals surface area contributed by atoms with Gasteiger partial charge in [0.15, 0.2) is 0 Å². The van der Waals surface area contributed by atoms with E-state index in [0.717, 1.165) is 19.4 Å². The molecular formula is C12H23N3O. The minimum absolute atomic E-state index is 0.192. The first-order chi connectivity index (χ1) is 7.78. The lowest BCUT2D eigenvalue weighted by Crippen LogP contribution is -2.32. The molecule has 0 aliphatic carbocycles. The summed E-state index contributed by atoms with van der Waals surface area (Å²) in [5, 5.41) is 7.67. The van der Waals surface area contributed by atoms with Crippen LogP contribution in [-0.2, 0) is 11.3 Å². The number of rotatable bonds is 7. The smallest absolute Gasteiger partial charge is 0.0778 e. The molecular weight excluding hydrogens is 202 g/mol. The van der Waals surface area contributed by atoms with Gasteiger partial charge in [0.2, 0.25) is 0 Å². The molecule has 0 amide bonds. The maximum absolute atomic E-state index is 5.51. The van der Waals surface area contributed by atoms with Crippen molar-refractivity contribution in [2.75, 3.05) is 14.2 Å². The lowest BCUT2D eigenvalue weighted by atomic mass is 10.1. The van der Waals surface area contributed by atoms with Crippen LogP contribution in [0.3, 0.4) is 0 Å². The molecule has 4 heteroatoms. The van der Waals surface area contributed by atoms with Crippen molar-refractivity contribution in [1.29, 1.82) is 0 Å². The second kappa shape index (κ2) is 6.66. The Kier molecular flexibility index (Phi) is 5.49. The molecule has 0 saturated carbocycles. The molecule has 1 aromatic rings. The summed E-state index contributed by atoms with van der Waals surface area (Å²) in [5.74, 6) is 0. The normalized spacial score (nSPS) is 15.0. The van der Waals surface area contributed by atoms with Crippen LogP contribution in [0, 0.1) is 0 Å². The van der Waals surface area contributed by atoms with Gasteiger partial charge in [0.1, 0.15) is 0 Å². The largest absolute Gasteiger partial charge is 0.379 e. The van der Waals surface area contributed by atoms with Gasteiger partial charge < -0.3 is 10.1 Å². The standard InChI is InChI=1S/C12H23N3O/c1-5-9-15-10(7-8-14-15)12(13-3)11(6-2)16-4/h7-8,11-13H,5-6,9H2,1-4H3. The van der Waals surface area contributed by atoms with E-state index in [0.29, 0.717) is 0 Å². The highest BCUT2D eigenvalue weighted by Crippen LogP contribution is 2.20. The molecule has 0 aromatic carbocycles. The summed E-state index contributed by atoms with van der Waals surface area (Å²) in [7, 11) is 3.73. The fraction of sp³-hybridized carbons (Fsp3) is 0.750. The highest BCUT2D eigenvalue weighted by Gasteiger charge is 2.22. The Bertz CT molecular complexity index is 294. The molecule has 1 aromatic heterocycles. The van der Waals surface area contributed by atoms with E-state index in [2.05, 4.69) is 35.0 Å². The summed E-state index contributed by atoms with van der Waals surface area (Å²) in [6.45, 7) is 5.26. The van der Waals surface area contributed by atoms with Crippen molar-refractivity contribution in [3.63, 3.8) is 0 Å². The number of methoxy groups -OCH3 is 1. The third kappa shape index (κ3) is 2.83. The van der Waals surface area contributed by atoms with E-state index in [1.54, 1.807) is 7.11 Å². The molecule has 2 unspecified atom stereocenters. The second-order valence-corrected chi connectivity index (χ2v) is 3.93. The zero-order valence-corrected chi connectivity index (χ0v) is 10.7. The molecule has 0 aliphatic rings. The molecule has 1 rings (SSSR count). The molecule has 0 spiro atoms. The molecule has 92 valence electrons. The fourth-order valence-corrected chi connectivity index (χ4v) is 2.07. The van der Waals surface area contributed by atoms with Crippen LogP contribution in [-0.4, -0.2) is 30.0 Å². The first-order valence-electron chi connectivity index (χ1n) is 6.00. The zero-order chi connectivity index (χ0) is 12.0. The molecule has 0 saturated heterocycles. The minimum atomic E-state index is 0.192. The van der Waals surface area contributed by atoms with Crippen molar-refractivity contribution in [3.8, 4) is 0 Å². The van der Waals surface area contributed by atoms with E-state index in [4.69, 9.17) is 4.74 Å². The van der Waals surface area contributed by atoms with Crippen LogP contribution in [0.15, 0.2) is 12.3 Å². The van der Waals surface area contributed by atoms with Crippen LogP contribution in [0.4, 0.5) is 0 Å². The van der Waals surface area contributed by atoms with Gasteiger partial charge in [-0.1, -0.05) is 13.8 Å². The van der Waals surface area contributed by atoms with E-state index < -0.39 is 0 Å². The third-order valence-corrected chi connectivity index (χ3v) is 2.89. The number of nitrogens with zero attached hydrogens (tertiary/aromatic N) is 2. The van der Waals surface area contributed by atoms with E-state index in [1.807, 2.05) is 13.2 Å². The highest BCUT2D eigenvalue weighted by atomic mass is 16.5. The quantitative estimate of drug-likeness (QED) is 0.771.